The minimum atomic E-state index is -0.317. The first kappa shape index (κ1) is 26.0. The van der Waals surface area contributed by atoms with Gasteiger partial charge in [0, 0.05) is 37.8 Å². The number of pyridine rings is 1. The molecule has 10 heteroatoms. The van der Waals surface area contributed by atoms with Gasteiger partial charge in [-0.15, -0.1) is 36.2 Å². The van der Waals surface area contributed by atoms with Crippen LogP contribution in [-0.4, -0.2) is 59.3 Å². The number of aldehydes is 1. The van der Waals surface area contributed by atoms with Gasteiger partial charge in [0.15, 0.2) is 16.7 Å². The number of carbonyl (C=O) groups is 1. The number of nitrogens with one attached hydrogen (secondary N) is 1. The Labute approximate surface area is 204 Å². The van der Waals surface area contributed by atoms with Gasteiger partial charge >= 0.3 is 0 Å². The average Bonchev–Trinajstić information content (AvgIpc) is 3.24. The van der Waals surface area contributed by atoms with Gasteiger partial charge in [0.2, 0.25) is 0 Å². The van der Waals surface area contributed by atoms with E-state index in [0.29, 0.717) is 23.3 Å². The van der Waals surface area contributed by atoms with Crippen molar-refractivity contribution in [2.75, 3.05) is 38.5 Å². The summed E-state index contributed by atoms with van der Waals surface area (Å²) in [6.45, 7) is 4.09. The number of benzene rings is 1. The van der Waals surface area contributed by atoms with Crippen LogP contribution in [0.25, 0.3) is 0 Å². The molecule has 1 saturated heterocycles. The maximum Gasteiger partial charge on any atom is 0.188 e. The van der Waals surface area contributed by atoms with Crippen molar-refractivity contribution in [3.63, 3.8) is 0 Å². The molecule has 3 aromatic rings. The second kappa shape index (κ2) is 12.7. The highest BCUT2D eigenvalue weighted by Crippen LogP contribution is 2.30. The summed E-state index contributed by atoms with van der Waals surface area (Å²) in [4.78, 5) is 25.3. The second-order valence-corrected chi connectivity index (χ2v) is 8.11. The number of aromatic nitrogens is 2. The fourth-order valence-electron chi connectivity index (χ4n) is 3.36. The van der Waals surface area contributed by atoms with Crippen molar-refractivity contribution in [1.82, 2.24) is 19.8 Å². The third-order valence-electron chi connectivity index (χ3n) is 5.12. The Morgan fingerprint density at radius 3 is 2.59 bits per heavy atom. The van der Waals surface area contributed by atoms with Crippen LogP contribution in [0, 0.1) is 0 Å². The number of halogens is 2. The normalized spacial score (nSPS) is 15.2. The molecule has 172 valence electrons. The summed E-state index contributed by atoms with van der Waals surface area (Å²) in [7, 11) is 2.10. The Morgan fingerprint density at radius 1 is 1.12 bits per heavy atom. The average molecular weight is 496 g/mol. The molecule has 0 bridgehead atoms. The lowest BCUT2D eigenvalue weighted by molar-refractivity contribution is -0.113. The zero-order valence-electron chi connectivity index (χ0n) is 17.7. The number of ether oxygens (including phenoxy) is 1. The SMILES string of the molecule is CN1CCN(C(C=O)c2csc(Nc3ncccc3OCc3ccccc3)n2)CC1.Cl.Cl. The van der Waals surface area contributed by atoms with Gasteiger partial charge in [-0.1, -0.05) is 30.3 Å². The lowest BCUT2D eigenvalue weighted by Gasteiger charge is -2.35. The van der Waals surface area contributed by atoms with Crippen molar-refractivity contribution in [2.45, 2.75) is 12.6 Å². The minimum absolute atomic E-state index is 0. The second-order valence-electron chi connectivity index (χ2n) is 7.25. The molecule has 0 radical (unpaired) electrons. The predicted molar refractivity (Wildman–Crippen MR) is 133 cm³/mol. The Balaban J connectivity index is 0.00000181. The van der Waals surface area contributed by atoms with E-state index < -0.39 is 0 Å². The van der Waals surface area contributed by atoms with Crippen molar-refractivity contribution in [3.8, 4) is 5.75 Å². The molecule has 1 unspecified atom stereocenters. The van der Waals surface area contributed by atoms with Crippen molar-refractivity contribution in [2.24, 2.45) is 0 Å². The molecule has 1 aliphatic heterocycles. The van der Waals surface area contributed by atoms with Crippen LogP contribution < -0.4 is 10.1 Å². The van der Waals surface area contributed by atoms with Crippen LogP contribution in [0.2, 0.25) is 0 Å². The summed E-state index contributed by atoms with van der Waals surface area (Å²) >= 11 is 1.46. The van der Waals surface area contributed by atoms with E-state index in [0.717, 1.165) is 43.7 Å². The molecule has 1 fully saturated rings. The van der Waals surface area contributed by atoms with E-state index >= 15 is 0 Å². The highest BCUT2D eigenvalue weighted by atomic mass is 35.5. The number of hydrogen-bond donors (Lipinski definition) is 1. The number of likely N-dealkylation sites (N-methyl/N-ethyl adjacent to an activating group) is 1. The quantitative estimate of drug-likeness (QED) is 0.469. The zero-order valence-corrected chi connectivity index (χ0v) is 20.2. The Bertz CT molecular complexity index is 968. The van der Waals surface area contributed by atoms with Gasteiger partial charge in [0.05, 0.1) is 5.69 Å². The van der Waals surface area contributed by atoms with E-state index in [9.17, 15) is 4.79 Å². The van der Waals surface area contributed by atoms with Crippen LogP contribution in [0.4, 0.5) is 10.9 Å². The summed E-state index contributed by atoms with van der Waals surface area (Å²) in [6.07, 6.45) is 2.70. The third-order valence-corrected chi connectivity index (χ3v) is 5.89. The lowest BCUT2D eigenvalue weighted by atomic mass is 10.2. The number of piperazine rings is 1. The van der Waals surface area contributed by atoms with E-state index in [4.69, 9.17) is 4.74 Å². The van der Waals surface area contributed by atoms with Gasteiger partial charge in [-0.25, -0.2) is 9.97 Å². The molecule has 1 aromatic carbocycles. The fourth-order valence-corrected chi connectivity index (χ4v) is 4.10. The molecule has 32 heavy (non-hydrogen) atoms. The molecule has 0 aliphatic carbocycles. The molecule has 1 aliphatic rings. The first-order valence-corrected chi connectivity index (χ1v) is 10.8. The van der Waals surface area contributed by atoms with E-state index in [1.807, 2.05) is 47.8 Å². The highest BCUT2D eigenvalue weighted by molar-refractivity contribution is 7.13. The molecule has 4 rings (SSSR count). The summed E-state index contributed by atoms with van der Waals surface area (Å²) in [6, 6.07) is 13.4. The molecule has 0 spiro atoms. The number of nitrogens with zero attached hydrogens (tertiary/aromatic N) is 4. The predicted octanol–water partition coefficient (Wildman–Crippen LogP) is 4.19. The Morgan fingerprint density at radius 2 is 1.88 bits per heavy atom. The standard InChI is InChI=1S/C22H25N5O2S.2ClH/c1-26-10-12-27(13-11-26)19(14-28)18-16-30-22(24-18)25-21-20(8-5-9-23-21)29-15-17-6-3-2-4-7-17;;/h2-9,14,16,19H,10-13,15H2,1H3,(H,23,24,25);2*1H. The first-order valence-electron chi connectivity index (χ1n) is 9.95. The van der Waals surface area contributed by atoms with E-state index in [1.165, 1.54) is 11.3 Å². The van der Waals surface area contributed by atoms with Crippen molar-refractivity contribution >= 4 is 53.4 Å². The molecule has 2 aromatic heterocycles. The van der Waals surface area contributed by atoms with E-state index in [1.54, 1.807) is 6.20 Å². The van der Waals surface area contributed by atoms with Crippen LogP contribution in [0.5, 0.6) is 5.75 Å². The lowest BCUT2D eigenvalue weighted by Crippen LogP contribution is -2.46. The van der Waals surface area contributed by atoms with Crippen molar-refractivity contribution in [1.29, 1.82) is 0 Å². The first-order chi connectivity index (χ1) is 14.7. The van der Waals surface area contributed by atoms with Crippen LogP contribution in [0.3, 0.4) is 0 Å². The summed E-state index contributed by atoms with van der Waals surface area (Å²) in [5, 5.41) is 5.87. The van der Waals surface area contributed by atoms with Crippen LogP contribution >= 0.6 is 36.2 Å². The number of rotatable bonds is 8. The largest absolute Gasteiger partial charge is 0.485 e. The topological polar surface area (TPSA) is 70.6 Å². The van der Waals surface area contributed by atoms with Gasteiger partial charge in [-0.3, -0.25) is 4.90 Å². The molecular weight excluding hydrogens is 469 g/mol. The molecule has 3 heterocycles. The Kier molecular flexibility index (Phi) is 10.3. The smallest absolute Gasteiger partial charge is 0.188 e. The van der Waals surface area contributed by atoms with E-state index in [-0.39, 0.29) is 30.9 Å². The Hall–Kier alpha value is -2.23. The van der Waals surface area contributed by atoms with Crippen molar-refractivity contribution in [3.05, 3.63) is 65.3 Å². The maximum atomic E-state index is 11.8. The summed E-state index contributed by atoms with van der Waals surface area (Å²) in [5.74, 6) is 1.26. The van der Waals surface area contributed by atoms with E-state index in [2.05, 4.69) is 32.1 Å². The molecular formula is C22H27Cl2N5O2S. The van der Waals surface area contributed by atoms with Crippen LogP contribution in [-0.2, 0) is 11.4 Å². The maximum absolute atomic E-state index is 11.8. The number of carbonyl (C=O) groups excluding carboxylic acids is 1. The van der Waals surface area contributed by atoms with Gasteiger partial charge in [0.25, 0.3) is 0 Å². The van der Waals surface area contributed by atoms with Gasteiger partial charge in [-0.05, 0) is 24.7 Å². The van der Waals surface area contributed by atoms with Gasteiger partial charge in [-0.2, -0.15) is 0 Å². The fraction of sp³-hybridized carbons (Fsp3) is 0.318. The van der Waals surface area contributed by atoms with Crippen molar-refractivity contribution < 1.29 is 9.53 Å². The highest BCUT2D eigenvalue weighted by Gasteiger charge is 2.25. The number of hydrogen-bond acceptors (Lipinski definition) is 8. The van der Waals surface area contributed by atoms with Crippen LogP contribution in [0.1, 0.15) is 17.3 Å². The monoisotopic (exact) mass is 495 g/mol. The third kappa shape index (κ3) is 6.63. The molecule has 7 nitrogen and oxygen atoms in total. The van der Waals surface area contributed by atoms with Crippen LogP contribution in [0.15, 0.2) is 54.0 Å². The van der Waals surface area contributed by atoms with Gasteiger partial charge < -0.3 is 19.7 Å². The number of thiazole rings is 1. The zero-order chi connectivity index (χ0) is 20.8. The molecule has 1 atom stereocenters. The molecule has 0 amide bonds. The summed E-state index contributed by atoms with van der Waals surface area (Å²) < 4.78 is 5.96. The summed E-state index contributed by atoms with van der Waals surface area (Å²) in [5.41, 5.74) is 1.86. The van der Waals surface area contributed by atoms with Gasteiger partial charge in [0.1, 0.15) is 18.9 Å². The number of anilines is 2. The molecule has 0 saturated carbocycles. The minimum Gasteiger partial charge on any atom is -0.485 e. The molecule has 1 N–H and O–H groups in total.